The zero-order valence-corrected chi connectivity index (χ0v) is 15.9. The lowest BCUT2D eigenvalue weighted by Crippen LogP contribution is -2.30. The number of thiophene rings is 1. The van der Waals surface area contributed by atoms with E-state index in [1.807, 2.05) is 50.4 Å². The molecule has 2 aromatic heterocycles. The highest BCUT2D eigenvalue weighted by Gasteiger charge is 2.18. The summed E-state index contributed by atoms with van der Waals surface area (Å²) in [5.74, 6) is 0.421. The number of hydrogen-bond acceptors (Lipinski definition) is 6. The van der Waals surface area contributed by atoms with Crippen molar-refractivity contribution in [2.24, 2.45) is 0 Å². The molecule has 0 aliphatic rings. The fourth-order valence-electron chi connectivity index (χ4n) is 2.41. The molecule has 0 fully saturated rings. The Balaban J connectivity index is 1.61. The molecule has 2 heterocycles. The number of carbonyl (C=O) groups excluding carboxylic acids is 1. The third kappa shape index (κ3) is 4.70. The zero-order chi connectivity index (χ0) is 17.8. The van der Waals surface area contributed by atoms with Crippen molar-refractivity contribution in [2.45, 2.75) is 37.8 Å². The van der Waals surface area contributed by atoms with Crippen LogP contribution in [-0.2, 0) is 11.3 Å². The summed E-state index contributed by atoms with van der Waals surface area (Å²) in [5.41, 5.74) is 3.18. The number of nitrogens with zero attached hydrogens (tertiary/aromatic N) is 2. The summed E-state index contributed by atoms with van der Waals surface area (Å²) in [6, 6.07) is 10.1. The molecule has 7 heteroatoms. The third-order valence-electron chi connectivity index (χ3n) is 3.54. The maximum Gasteiger partial charge on any atom is 0.277 e. The maximum atomic E-state index is 12.2. The number of carbonyl (C=O) groups is 1. The van der Waals surface area contributed by atoms with Gasteiger partial charge in [0.15, 0.2) is 0 Å². The molecule has 25 heavy (non-hydrogen) atoms. The average molecular weight is 374 g/mol. The van der Waals surface area contributed by atoms with Gasteiger partial charge < -0.3 is 9.73 Å². The van der Waals surface area contributed by atoms with Gasteiger partial charge in [-0.25, -0.2) is 0 Å². The summed E-state index contributed by atoms with van der Waals surface area (Å²) in [5, 5.41) is 13.1. The Kier molecular flexibility index (Phi) is 5.55. The Hall–Kier alpha value is -2.12. The molecule has 0 saturated heterocycles. The van der Waals surface area contributed by atoms with Crippen molar-refractivity contribution < 1.29 is 9.21 Å². The third-order valence-corrected chi connectivity index (χ3v) is 5.35. The van der Waals surface area contributed by atoms with Crippen LogP contribution in [0.2, 0.25) is 0 Å². The Morgan fingerprint density at radius 3 is 2.72 bits per heavy atom. The van der Waals surface area contributed by atoms with Gasteiger partial charge in [0.05, 0.1) is 11.8 Å². The highest BCUT2D eigenvalue weighted by molar-refractivity contribution is 8.00. The van der Waals surface area contributed by atoms with E-state index in [9.17, 15) is 4.79 Å². The molecular formula is C18H19N3O2S2. The number of aromatic nitrogens is 2. The summed E-state index contributed by atoms with van der Waals surface area (Å²) < 4.78 is 5.71. The molecule has 1 aromatic carbocycles. The smallest absolute Gasteiger partial charge is 0.277 e. The summed E-state index contributed by atoms with van der Waals surface area (Å²) in [7, 11) is 0. The molecule has 3 aromatic rings. The Morgan fingerprint density at radius 2 is 2.04 bits per heavy atom. The van der Waals surface area contributed by atoms with Crippen LogP contribution in [0.3, 0.4) is 0 Å². The molecule has 130 valence electrons. The minimum absolute atomic E-state index is 0.0513. The van der Waals surface area contributed by atoms with Crippen LogP contribution < -0.4 is 5.32 Å². The second kappa shape index (κ2) is 7.84. The predicted octanol–water partition coefficient (Wildman–Crippen LogP) is 4.21. The molecule has 5 nitrogen and oxygen atoms in total. The van der Waals surface area contributed by atoms with E-state index in [0.717, 1.165) is 21.6 Å². The number of amides is 1. The van der Waals surface area contributed by atoms with Gasteiger partial charge in [0.25, 0.3) is 5.22 Å². The Bertz CT molecular complexity index is 839. The highest BCUT2D eigenvalue weighted by Crippen LogP contribution is 2.27. The van der Waals surface area contributed by atoms with Crippen LogP contribution in [0.4, 0.5) is 0 Å². The number of hydrogen-bond donors (Lipinski definition) is 1. The van der Waals surface area contributed by atoms with Crippen molar-refractivity contribution in [3.05, 3.63) is 51.7 Å². The second-order valence-corrected chi connectivity index (χ2v) is 8.13. The van der Waals surface area contributed by atoms with E-state index in [1.165, 1.54) is 11.8 Å². The first-order valence-electron chi connectivity index (χ1n) is 7.90. The molecule has 0 saturated carbocycles. The van der Waals surface area contributed by atoms with E-state index >= 15 is 0 Å². The molecule has 0 aliphatic heterocycles. The SMILES string of the molecule is Cc1cc(C)cc(-c2nnc(S[C@@H](C)C(=O)NCc3cccs3)o2)c1. The number of nitrogens with one attached hydrogen (secondary N) is 1. The number of aryl methyl sites for hydroxylation is 2. The lowest BCUT2D eigenvalue weighted by atomic mass is 10.1. The summed E-state index contributed by atoms with van der Waals surface area (Å²) in [4.78, 5) is 13.3. The zero-order valence-electron chi connectivity index (χ0n) is 14.3. The Labute approximate surface area is 154 Å². The molecule has 0 aliphatic carbocycles. The monoisotopic (exact) mass is 373 g/mol. The van der Waals surface area contributed by atoms with Crippen molar-refractivity contribution in [3.8, 4) is 11.5 Å². The standard InChI is InChI=1S/C18H19N3O2S2/c1-11-7-12(2)9-14(8-11)17-20-21-18(23-17)25-13(3)16(22)19-10-15-5-4-6-24-15/h4-9,13H,10H2,1-3H3,(H,19,22)/t13-/m0/s1. The van der Waals surface area contributed by atoms with Gasteiger partial charge in [-0.3, -0.25) is 4.79 Å². The van der Waals surface area contributed by atoms with Crippen LogP contribution in [0.15, 0.2) is 45.4 Å². The summed E-state index contributed by atoms with van der Waals surface area (Å²) in [6.07, 6.45) is 0. The van der Waals surface area contributed by atoms with Crippen molar-refractivity contribution in [3.63, 3.8) is 0 Å². The van der Waals surface area contributed by atoms with Gasteiger partial charge in [-0.1, -0.05) is 35.0 Å². The largest absolute Gasteiger partial charge is 0.411 e. The van der Waals surface area contributed by atoms with E-state index < -0.39 is 0 Å². The number of rotatable bonds is 6. The molecule has 0 bridgehead atoms. The molecular weight excluding hydrogens is 354 g/mol. The van der Waals surface area contributed by atoms with Crippen LogP contribution in [0, 0.1) is 13.8 Å². The minimum atomic E-state index is -0.312. The molecule has 3 rings (SSSR count). The van der Waals surface area contributed by atoms with Crippen LogP contribution in [0.5, 0.6) is 0 Å². The lowest BCUT2D eigenvalue weighted by molar-refractivity contribution is -0.120. The van der Waals surface area contributed by atoms with Gasteiger partial charge >= 0.3 is 0 Å². The van der Waals surface area contributed by atoms with E-state index in [2.05, 4.69) is 21.6 Å². The molecule has 1 amide bonds. The first kappa shape index (κ1) is 17.7. The maximum absolute atomic E-state index is 12.2. The van der Waals surface area contributed by atoms with Gasteiger partial charge in [-0.2, -0.15) is 0 Å². The average Bonchev–Trinajstić information content (AvgIpc) is 3.23. The van der Waals surface area contributed by atoms with Gasteiger partial charge in [0.1, 0.15) is 0 Å². The van der Waals surface area contributed by atoms with E-state index in [4.69, 9.17) is 4.42 Å². The summed E-state index contributed by atoms with van der Waals surface area (Å²) >= 11 is 2.89. The number of thioether (sulfide) groups is 1. The van der Waals surface area contributed by atoms with Crippen molar-refractivity contribution >= 4 is 29.0 Å². The van der Waals surface area contributed by atoms with Gasteiger partial charge in [-0.15, -0.1) is 21.5 Å². The molecule has 0 unspecified atom stereocenters. The predicted molar refractivity (Wildman–Crippen MR) is 101 cm³/mol. The normalized spacial score (nSPS) is 12.1. The van der Waals surface area contributed by atoms with E-state index in [-0.39, 0.29) is 11.2 Å². The minimum Gasteiger partial charge on any atom is -0.411 e. The first-order valence-corrected chi connectivity index (χ1v) is 9.66. The van der Waals surface area contributed by atoms with Crippen LogP contribution in [0.25, 0.3) is 11.5 Å². The van der Waals surface area contributed by atoms with Crippen molar-refractivity contribution in [2.75, 3.05) is 0 Å². The Morgan fingerprint density at radius 1 is 1.28 bits per heavy atom. The fraction of sp³-hybridized carbons (Fsp3) is 0.278. The second-order valence-electron chi connectivity index (χ2n) is 5.81. The van der Waals surface area contributed by atoms with Gasteiger partial charge in [-0.05, 0) is 44.4 Å². The van der Waals surface area contributed by atoms with Crippen LogP contribution in [-0.4, -0.2) is 21.4 Å². The van der Waals surface area contributed by atoms with Crippen LogP contribution >= 0.6 is 23.1 Å². The van der Waals surface area contributed by atoms with Gasteiger partial charge in [0.2, 0.25) is 11.8 Å². The van der Waals surface area contributed by atoms with Gasteiger partial charge in [0, 0.05) is 10.4 Å². The number of benzene rings is 1. The van der Waals surface area contributed by atoms with Crippen molar-refractivity contribution in [1.29, 1.82) is 0 Å². The van der Waals surface area contributed by atoms with Crippen LogP contribution in [0.1, 0.15) is 22.9 Å². The van der Waals surface area contributed by atoms with Crippen molar-refractivity contribution in [1.82, 2.24) is 15.5 Å². The topological polar surface area (TPSA) is 68.0 Å². The lowest BCUT2D eigenvalue weighted by Gasteiger charge is -2.08. The molecule has 0 radical (unpaired) electrons. The quantitative estimate of drug-likeness (QED) is 0.656. The fourth-order valence-corrected chi connectivity index (χ4v) is 3.76. The summed E-state index contributed by atoms with van der Waals surface area (Å²) in [6.45, 7) is 6.43. The van der Waals surface area contributed by atoms with E-state index in [0.29, 0.717) is 17.7 Å². The molecule has 0 spiro atoms. The molecule has 1 atom stereocenters. The molecule has 1 N–H and O–H groups in total. The van der Waals surface area contributed by atoms with E-state index in [1.54, 1.807) is 11.3 Å². The first-order chi connectivity index (χ1) is 12.0. The highest BCUT2D eigenvalue weighted by atomic mass is 32.2.